The van der Waals surface area contributed by atoms with Crippen LogP contribution < -0.4 is 10.6 Å². The van der Waals surface area contributed by atoms with Gasteiger partial charge in [-0.2, -0.15) is 0 Å². The third kappa shape index (κ3) is 3.09. The molecule has 0 radical (unpaired) electrons. The first-order valence-corrected chi connectivity index (χ1v) is 7.66. The lowest BCUT2D eigenvalue weighted by Crippen LogP contribution is -2.30. The van der Waals surface area contributed by atoms with Gasteiger partial charge in [0.2, 0.25) is 0 Å². The standard InChI is InChI=1S/C14H14N8S/c1-22-7-11(20-21-22)10-6-15-9-4-5-12(18-13(9)17-10)19-14(23)16-8-2-3-8/h4-8H,2-3H2,1H3,(H2,16,17,18,19,23). The van der Waals surface area contributed by atoms with Crippen LogP contribution in [0.15, 0.2) is 24.5 Å². The Morgan fingerprint density at radius 2 is 2.13 bits per heavy atom. The van der Waals surface area contributed by atoms with Crippen LogP contribution in [-0.2, 0) is 7.05 Å². The van der Waals surface area contributed by atoms with Gasteiger partial charge in [0.15, 0.2) is 10.8 Å². The number of hydrogen-bond acceptors (Lipinski definition) is 6. The lowest BCUT2D eigenvalue weighted by Gasteiger charge is -2.09. The highest BCUT2D eigenvalue weighted by atomic mass is 32.1. The monoisotopic (exact) mass is 326 g/mol. The lowest BCUT2D eigenvalue weighted by atomic mass is 10.3. The van der Waals surface area contributed by atoms with Gasteiger partial charge < -0.3 is 10.6 Å². The Labute approximate surface area is 137 Å². The van der Waals surface area contributed by atoms with Gasteiger partial charge in [-0.3, -0.25) is 9.67 Å². The molecule has 0 aromatic carbocycles. The average molecular weight is 326 g/mol. The second-order valence-electron chi connectivity index (χ2n) is 5.44. The van der Waals surface area contributed by atoms with Gasteiger partial charge >= 0.3 is 0 Å². The third-order valence-electron chi connectivity index (χ3n) is 3.43. The fourth-order valence-electron chi connectivity index (χ4n) is 2.12. The molecule has 9 heteroatoms. The second-order valence-corrected chi connectivity index (χ2v) is 5.85. The number of nitrogens with zero attached hydrogens (tertiary/aromatic N) is 6. The number of hydrogen-bond donors (Lipinski definition) is 2. The van der Waals surface area contributed by atoms with E-state index in [0.29, 0.717) is 39.5 Å². The van der Waals surface area contributed by atoms with E-state index in [1.54, 1.807) is 24.1 Å². The van der Waals surface area contributed by atoms with Crippen LogP contribution in [0.2, 0.25) is 0 Å². The van der Waals surface area contributed by atoms with Crippen molar-refractivity contribution in [2.24, 2.45) is 7.05 Å². The predicted octanol–water partition coefficient (Wildman–Crippen LogP) is 1.27. The van der Waals surface area contributed by atoms with Crippen molar-refractivity contribution < 1.29 is 0 Å². The van der Waals surface area contributed by atoms with Crippen molar-refractivity contribution in [3.05, 3.63) is 24.5 Å². The maximum Gasteiger partial charge on any atom is 0.180 e. The molecule has 1 saturated carbocycles. The zero-order valence-corrected chi connectivity index (χ0v) is 13.2. The molecular weight excluding hydrogens is 312 g/mol. The third-order valence-corrected chi connectivity index (χ3v) is 3.65. The summed E-state index contributed by atoms with van der Waals surface area (Å²) in [7, 11) is 1.80. The van der Waals surface area contributed by atoms with Crippen LogP contribution in [-0.4, -0.2) is 41.1 Å². The Morgan fingerprint density at radius 3 is 2.87 bits per heavy atom. The van der Waals surface area contributed by atoms with E-state index in [4.69, 9.17) is 12.2 Å². The van der Waals surface area contributed by atoms with Crippen LogP contribution >= 0.6 is 12.2 Å². The van der Waals surface area contributed by atoms with E-state index in [9.17, 15) is 0 Å². The highest BCUT2D eigenvalue weighted by Crippen LogP contribution is 2.19. The molecule has 0 amide bonds. The van der Waals surface area contributed by atoms with Crippen molar-refractivity contribution in [3.63, 3.8) is 0 Å². The largest absolute Gasteiger partial charge is 0.360 e. The minimum Gasteiger partial charge on any atom is -0.360 e. The summed E-state index contributed by atoms with van der Waals surface area (Å²) in [4.78, 5) is 13.3. The molecule has 0 atom stereocenters. The van der Waals surface area contributed by atoms with Crippen LogP contribution in [0, 0.1) is 0 Å². The minimum absolute atomic E-state index is 0.499. The number of aromatic nitrogens is 6. The molecular formula is C14H14N8S. The molecule has 116 valence electrons. The topological polar surface area (TPSA) is 93.4 Å². The Morgan fingerprint density at radius 1 is 1.26 bits per heavy atom. The minimum atomic E-state index is 0.499. The van der Waals surface area contributed by atoms with E-state index in [-0.39, 0.29) is 0 Å². The predicted molar refractivity (Wildman–Crippen MR) is 89.7 cm³/mol. The normalized spacial score (nSPS) is 14.0. The van der Waals surface area contributed by atoms with Crippen LogP contribution in [0.4, 0.5) is 5.82 Å². The maximum absolute atomic E-state index is 5.26. The van der Waals surface area contributed by atoms with E-state index in [0.717, 1.165) is 0 Å². The van der Waals surface area contributed by atoms with Gasteiger partial charge in [-0.25, -0.2) is 9.97 Å². The van der Waals surface area contributed by atoms with Crippen LogP contribution in [0.5, 0.6) is 0 Å². The van der Waals surface area contributed by atoms with E-state index in [1.165, 1.54) is 12.8 Å². The molecule has 0 saturated heterocycles. The summed E-state index contributed by atoms with van der Waals surface area (Å²) < 4.78 is 1.62. The zero-order chi connectivity index (χ0) is 15.8. The lowest BCUT2D eigenvalue weighted by molar-refractivity contribution is 0.715. The molecule has 1 aliphatic carbocycles. The fourth-order valence-corrected chi connectivity index (χ4v) is 2.39. The summed E-state index contributed by atoms with van der Waals surface area (Å²) in [5, 5.41) is 14.8. The van der Waals surface area contributed by atoms with Crippen LogP contribution in [0.3, 0.4) is 0 Å². The highest BCUT2D eigenvalue weighted by Gasteiger charge is 2.21. The van der Waals surface area contributed by atoms with Crippen molar-refractivity contribution in [2.45, 2.75) is 18.9 Å². The molecule has 0 unspecified atom stereocenters. The maximum atomic E-state index is 5.26. The number of nitrogens with one attached hydrogen (secondary N) is 2. The molecule has 4 rings (SSSR count). The molecule has 1 aliphatic rings. The molecule has 1 fully saturated rings. The van der Waals surface area contributed by atoms with E-state index in [2.05, 4.69) is 35.9 Å². The number of anilines is 1. The van der Waals surface area contributed by atoms with Crippen LogP contribution in [0.25, 0.3) is 22.6 Å². The highest BCUT2D eigenvalue weighted by molar-refractivity contribution is 7.80. The molecule has 0 spiro atoms. The Hall–Kier alpha value is -2.68. The summed E-state index contributed by atoms with van der Waals surface area (Å²) in [5.41, 5.74) is 2.54. The Kier molecular flexibility index (Phi) is 3.34. The van der Waals surface area contributed by atoms with Crippen molar-refractivity contribution in [1.82, 2.24) is 35.3 Å². The number of thiocarbonyl (C=S) groups is 1. The molecule has 23 heavy (non-hydrogen) atoms. The molecule has 0 bridgehead atoms. The van der Waals surface area contributed by atoms with Crippen LogP contribution in [0.1, 0.15) is 12.8 Å². The molecule has 8 nitrogen and oxygen atoms in total. The summed E-state index contributed by atoms with van der Waals surface area (Å²) in [6.45, 7) is 0. The molecule has 3 aromatic rings. The molecule has 2 N–H and O–H groups in total. The number of rotatable bonds is 3. The number of fused-ring (bicyclic) bond motifs is 1. The van der Waals surface area contributed by atoms with Gasteiger partial charge in [0.1, 0.15) is 22.7 Å². The molecule has 3 heterocycles. The first-order chi connectivity index (χ1) is 11.2. The van der Waals surface area contributed by atoms with E-state index < -0.39 is 0 Å². The van der Waals surface area contributed by atoms with Crippen molar-refractivity contribution in [1.29, 1.82) is 0 Å². The van der Waals surface area contributed by atoms with Gasteiger partial charge in [0.05, 0.1) is 12.4 Å². The zero-order valence-electron chi connectivity index (χ0n) is 12.4. The average Bonchev–Trinajstić information content (AvgIpc) is 3.24. The van der Waals surface area contributed by atoms with Gasteiger partial charge in [-0.15, -0.1) is 5.10 Å². The Bertz CT molecular complexity index is 885. The summed E-state index contributed by atoms with van der Waals surface area (Å²) in [6, 6.07) is 4.19. The van der Waals surface area contributed by atoms with Crippen molar-refractivity contribution in [3.8, 4) is 11.4 Å². The first kappa shape index (κ1) is 13.9. The van der Waals surface area contributed by atoms with Crippen molar-refractivity contribution in [2.75, 3.05) is 5.32 Å². The first-order valence-electron chi connectivity index (χ1n) is 7.25. The van der Waals surface area contributed by atoms with Gasteiger partial charge in [-0.1, -0.05) is 5.21 Å². The summed E-state index contributed by atoms with van der Waals surface area (Å²) in [6.07, 6.45) is 5.78. The van der Waals surface area contributed by atoms with Gasteiger partial charge in [-0.05, 0) is 37.2 Å². The number of pyridine rings is 1. The number of aryl methyl sites for hydroxylation is 1. The molecule has 0 aliphatic heterocycles. The second kappa shape index (κ2) is 5.51. The SMILES string of the molecule is Cn1cc(-c2cnc3ccc(NC(=S)NC4CC4)nc3n2)nn1. The van der Waals surface area contributed by atoms with E-state index >= 15 is 0 Å². The fraction of sp³-hybridized carbons (Fsp3) is 0.286. The quantitative estimate of drug-likeness (QED) is 0.695. The summed E-state index contributed by atoms with van der Waals surface area (Å²) in [5.74, 6) is 0.640. The summed E-state index contributed by atoms with van der Waals surface area (Å²) >= 11 is 5.26. The smallest absolute Gasteiger partial charge is 0.180 e. The van der Waals surface area contributed by atoms with Gasteiger partial charge in [0.25, 0.3) is 0 Å². The van der Waals surface area contributed by atoms with Gasteiger partial charge in [0, 0.05) is 13.1 Å². The Balaban J connectivity index is 1.62. The van der Waals surface area contributed by atoms with Crippen molar-refractivity contribution >= 4 is 34.3 Å². The van der Waals surface area contributed by atoms with E-state index in [1.807, 2.05) is 12.1 Å². The molecule has 3 aromatic heterocycles.